The summed E-state index contributed by atoms with van der Waals surface area (Å²) in [6.07, 6.45) is 3.32. The zero-order valence-corrected chi connectivity index (χ0v) is 9.69. The van der Waals surface area contributed by atoms with Gasteiger partial charge in [-0.15, -0.1) is 0 Å². The number of carbonyl (C=O) groups is 1. The summed E-state index contributed by atoms with van der Waals surface area (Å²) in [4.78, 5) is 11.0. The van der Waals surface area contributed by atoms with Crippen LogP contribution >= 0.6 is 0 Å². The van der Waals surface area contributed by atoms with E-state index in [1.807, 2.05) is 13.8 Å². The van der Waals surface area contributed by atoms with Crippen LogP contribution in [0.25, 0.3) is 0 Å². The van der Waals surface area contributed by atoms with Gasteiger partial charge in [0.25, 0.3) is 0 Å². The van der Waals surface area contributed by atoms with Gasteiger partial charge in [0.2, 0.25) is 0 Å². The van der Waals surface area contributed by atoms with Gasteiger partial charge in [-0.1, -0.05) is 13.8 Å². The molecule has 0 aromatic carbocycles. The zero-order chi connectivity index (χ0) is 11.4. The second-order valence-corrected chi connectivity index (χ2v) is 4.54. The number of methoxy groups -OCH3 is 1. The average molecular weight is 215 g/mol. The summed E-state index contributed by atoms with van der Waals surface area (Å²) >= 11 is 0. The van der Waals surface area contributed by atoms with E-state index in [1.165, 1.54) is 0 Å². The minimum absolute atomic E-state index is 0.0978. The number of ether oxygens (including phenoxy) is 1. The molecule has 0 saturated heterocycles. The monoisotopic (exact) mass is 215 g/mol. The Hall–Kier alpha value is -0.610. The number of carboxylic acid groups (broad SMARTS) is 1. The molecule has 2 N–H and O–H groups in total. The lowest BCUT2D eigenvalue weighted by molar-refractivity contribution is -0.141. The van der Waals surface area contributed by atoms with Gasteiger partial charge in [0.1, 0.15) is 6.04 Å². The van der Waals surface area contributed by atoms with E-state index >= 15 is 0 Å². The number of rotatable bonds is 5. The van der Waals surface area contributed by atoms with Crippen LogP contribution in [-0.2, 0) is 9.53 Å². The molecule has 0 spiro atoms. The quantitative estimate of drug-likeness (QED) is 0.724. The highest BCUT2D eigenvalue weighted by Crippen LogP contribution is 2.22. The normalized spacial score (nSPS) is 28.3. The van der Waals surface area contributed by atoms with Crippen molar-refractivity contribution in [2.45, 2.75) is 51.3 Å². The first-order valence-corrected chi connectivity index (χ1v) is 5.58. The molecule has 88 valence electrons. The lowest BCUT2D eigenvalue weighted by Crippen LogP contribution is -2.49. The van der Waals surface area contributed by atoms with Gasteiger partial charge in [-0.05, 0) is 25.2 Å². The smallest absolute Gasteiger partial charge is 0.320 e. The van der Waals surface area contributed by atoms with E-state index in [-0.39, 0.29) is 18.1 Å². The van der Waals surface area contributed by atoms with Crippen LogP contribution in [0.1, 0.15) is 33.1 Å². The van der Waals surface area contributed by atoms with Gasteiger partial charge in [0.05, 0.1) is 6.10 Å². The molecule has 4 heteroatoms. The molecule has 4 nitrogen and oxygen atoms in total. The van der Waals surface area contributed by atoms with Crippen LogP contribution in [0.15, 0.2) is 0 Å². The van der Waals surface area contributed by atoms with Crippen molar-refractivity contribution in [2.75, 3.05) is 7.11 Å². The van der Waals surface area contributed by atoms with Crippen molar-refractivity contribution >= 4 is 5.97 Å². The number of carboxylic acids is 1. The molecular weight excluding hydrogens is 194 g/mol. The van der Waals surface area contributed by atoms with E-state index in [0.717, 1.165) is 19.3 Å². The highest BCUT2D eigenvalue weighted by molar-refractivity contribution is 5.73. The molecule has 1 aliphatic rings. The van der Waals surface area contributed by atoms with Gasteiger partial charge in [-0.2, -0.15) is 0 Å². The minimum Gasteiger partial charge on any atom is -0.480 e. The third-order valence-electron chi connectivity index (χ3n) is 3.08. The minimum atomic E-state index is -0.772. The maximum Gasteiger partial charge on any atom is 0.320 e. The van der Waals surface area contributed by atoms with Gasteiger partial charge in [0, 0.05) is 13.2 Å². The van der Waals surface area contributed by atoms with E-state index < -0.39 is 12.0 Å². The first-order valence-electron chi connectivity index (χ1n) is 5.58. The van der Waals surface area contributed by atoms with E-state index in [0.29, 0.717) is 0 Å². The lowest BCUT2D eigenvalue weighted by Gasteiger charge is -2.26. The Morgan fingerprint density at radius 2 is 2.13 bits per heavy atom. The number of hydrogen-bond acceptors (Lipinski definition) is 3. The van der Waals surface area contributed by atoms with Crippen molar-refractivity contribution in [1.82, 2.24) is 5.32 Å². The largest absolute Gasteiger partial charge is 0.480 e. The summed E-state index contributed by atoms with van der Waals surface area (Å²) in [6.45, 7) is 3.84. The van der Waals surface area contributed by atoms with Crippen LogP contribution < -0.4 is 5.32 Å². The molecule has 1 saturated carbocycles. The Morgan fingerprint density at radius 3 is 2.60 bits per heavy atom. The third kappa shape index (κ3) is 3.18. The van der Waals surface area contributed by atoms with E-state index in [2.05, 4.69) is 5.32 Å². The van der Waals surface area contributed by atoms with Crippen molar-refractivity contribution in [3.05, 3.63) is 0 Å². The molecule has 1 fully saturated rings. The molecule has 0 aromatic rings. The van der Waals surface area contributed by atoms with Crippen LogP contribution in [0.3, 0.4) is 0 Å². The highest BCUT2D eigenvalue weighted by atomic mass is 16.5. The van der Waals surface area contributed by atoms with Gasteiger partial charge in [0.15, 0.2) is 0 Å². The zero-order valence-electron chi connectivity index (χ0n) is 9.69. The molecule has 1 rings (SSSR count). The first kappa shape index (κ1) is 12.5. The van der Waals surface area contributed by atoms with Crippen LogP contribution in [-0.4, -0.2) is 36.4 Å². The molecule has 15 heavy (non-hydrogen) atoms. The number of nitrogens with one attached hydrogen (secondary N) is 1. The number of aliphatic carboxylic acids is 1. The summed E-state index contributed by atoms with van der Waals surface area (Å²) in [7, 11) is 1.69. The van der Waals surface area contributed by atoms with Crippen LogP contribution in [0, 0.1) is 5.92 Å². The van der Waals surface area contributed by atoms with Gasteiger partial charge < -0.3 is 9.84 Å². The fraction of sp³-hybridized carbons (Fsp3) is 0.909. The standard InChI is InChI=1S/C11H21NO3/c1-7(2)10(11(13)14)12-8-5-4-6-9(8)15-3/h7-10,12H,4-6H2,1-3H3,(H,13,14). The Bertz CT molecular complexity index is 218. The summed E-state index contributed by atoms with van der Waals surface area (Å²) in [5.74, 6) is -0.674. The molecule has 3 unspecified atom stereocenters. The maximum absolute atomic E-state index is 11.0. The molecule has 1 aliphatic carbocycles. The molecule has 0 aromatic heterocycles. The molecule has 0 radical (unpaired) electrons. The van der Waals surface area contributed by atoms with Gasteiger partial charge in [-0.25, -0.2) is 0 Å². The predicted octanol–water partition coefficient (Wildman–Crippen LogP) is 1.25. The number of hydrogen-bond donors (Lipinski definition) is 2. The van der Waals surface area contributed by atoms with E-state index in [9.17, 15) is 4.79 Å². The van der Waals surface area contributed by atoms with Gasteiger partial charge in [-0.3, -0.25) is 10.1 Å². The molecule has 3 atom stereocenters. The lowest BCUT2D eigenvalue weighted by atomic mass is 10.0. The van der Waals surface area contributed by atoms with Crippen molar-refractivity contribution < 1.29 is 14.6 Å². The fourth-order valence-electron chi connectivity index (χ4n) is 2.18. The third-order valence-corrected chi connectivity index (χ3v) is 3.08. The van der Waals surface area contributed by atoms with Crippen molar-refractivity contribution in [1.29, 1.82) is 0 Å². The Kier molecular flexibility index (Phi) is 4.54. The fourth-order valence-corrected chi connectivity index (χ4v) is 2.18. The summed E-state index contributed by atoms with van der Waals surface area (Å²) < 4.78 is 5.33. The van der Waals surface area contributed by atoms with Crippen LogP contribution in [0.4, 0.5) is 0 Å². The second kappa shape index (κ2) is 5.47. The van der Waals surface area contributed by atoms with Crippen LogP contribution in [0.2, 0.25) is 0 Å². The SMILES string of the molecule is COC1CCCC1NC(C(=O)O)C(C)C. The highest BCUT2D eigenvalue weighted by Gasteiger charge is 2.32. The Labute approximate surface area is 91.0 Å². The molecule has 0 bridgehead atoms. The second-order valence-electron chi connectivity index (χ2n) is 4.54. The summed E-state index contributed by atoms with van der Waals surface area (Å²) in [5, 5.41) is 12.3. The molecular formula is C11H21NO3. The van der Waals surface area contributed by atoms with Gasteiger partial charge >= 0.3 is 5.97 Å². The molecule has 0 heterocycles. The predicted molar refractivity (Wildman–Crippen MR) is 57.8 cm³/mol. The Balaban J connectivity index is 2.54. The van der Waals surface area contributed by atoms with E-state index in [1.54, 1.807) is 7.11 Å². The molecule has 0 amide bonds. The topological polar surface area (TPSA) is 58.6 Å². The van der Waals surface area contributed by atoms with Crippen molar-refractivity contribution in [3.8, 4) is 0 Å². The maximum atomic E-state index is 11.0. The van der Waals surface area contributed by atoms with E-state index in [4.69, 9.17) is 9.84 Å². The van der Waals surface area contributed by atoms with Crippen molar-refractivity contribution in [2.24, 2.45) is 5.92 Å². The Morgan fingerprint density at radius 1 is 1.47 bits per heavy atom. The average Bonchev–Trinajstić information content (AvgIpc) is 2.59. The summed E-state index contributed by atoms with van der Waals surface area (Å²) in [5.41, 5.74) is 0. The molecule has 0 aliphatic heterocycles. The first-order chi connectivity index (χ1) is 7.06. The van der Waals surface area contributed by atoms with Crippen LogP contribution in [0.5, 0.6) is 0 Å². The van der Waals surface area contributed by atoms with Crippen molar-refractivity contribution in [3.63, 3.8) is 0 Å². The summed E-state index contributed by atoms with van der Waals surface area (Å²) in [6, 6.07) is -0.274.